The lowest BCUT2D eigenvalue weighted by molar-refractivity contribution is -0.135. The maximum atomic E-state index is 12.7. The number of piperidine rings is 1. The van der Waals surface area contributed by atoms with Crippen LogP contribution < -0.4 is 5.32 Å². The predicted molar refractivity (Wildman–Crippen MR) is 101 cm³/mol. The van der Waals surface area contributed by atoms with Crippen molar-refractivity contribution in [1.29, 1.82) is 0 Å². The van der Waals surface area contributed by atoms with Gasteiger partial charge in [-0.05, 0) is 36.6 Å². The van der Waals surface area contributed by atoms with Crippen LogP contribution in [0.2, 0.25) is 0 Å². The van der Waals surface area contributed by atoms with Crippen LogP contribution in [0, 0.1) is 17.8 Å². The Morgan fingerprint density at radius 2 is 1.65 bits per heavy atom. The van der Waals surface area contributed by atoms with Gasteiger partial charge in [-0.25, -0.2) is 0 Å². The number of amides is 2. The highest BCUT2D eigenvalue weighted by molar-refractivity contribution is 5.88. The summed E-state index contributed by atoms with van der Waals surface area (Å²) in [5, 5.41) is 2.79. The zero-order valence-corrected chi connectivity index (χ0v) is 15.6. The zero-order valence-electron chi connectivity index (χ0n) is 15.6. The fourth-order valence-corrected chi connectivity index (χ4v) is 4.50. The summed E-state index contributed by atoms with van der Waals surface area (Å²) in [7, 11) is 2.12. The number of hydrogen-bond acceptors (Lipinski definition) is 4. The fourth-order valence-electron chi connectivity index (χ4n) is 4.50. The van der Waals surface area contributed by atoms with Gasteiger partial charge in [0.25, 0.3) is 0 Å². The molecular formula is C20H28N4O2. The molecule has 6 nitrogen and oxygen atoms in total. The molecule has 1 aromatic carbocycles. The lowest BCUT2D eigenvalue weighted by Crippen LogP contribution is -2.48. The summed E-state index contributed by atoms with van der Waals surface area (Å²) in [6, 6.07) is 8.05. The second kappa shape index (κ2) is 7.00. The molecule has 3 fully saturated rings. The first kappa shape index (κ1) is 17.5. The van der Waals surface area contributed by atoms with Gasteiger partial charge in [0.05, 0.1) is 0 Å². The van der Waals surface area contributed by atoms with Gasteiger partial charge in [-0.3, -0.25) is 14.5 Å². The van der Waals surface area contributed by atoms with Gasteiger partial charge in [-0.2, -0.15) is 0 Å². The number of carbonyl (C=O) groups is 2. The van der Waals surface area contributed by atoms with Gasteiger partial charge in [0.15, 0.2) is 0 Å². The monoisotopic (exact) mass is 356 g/mol. The Balaban J connectivity index is 1.25. The molecule has 0 radical (unpaired) electrons. The molecule has 1 aliphatic carbocycles. The summed E-state index contributed by atoms with van der Waals surface area (Å²) in [4.78, 5) is 30.6. The Labute approximate surface area is 155 Å². The molecule has 2 amide bonds. The van der Waals surface area contributed by atoms with Crippen LogP contribution in [-0.2, 0) is 16.1 Å². The van der Waals surface area contributed by atoms with Crippen LogP contribution in [-0.4, -0.2) is 72.8 Å². The third kappa shape index (κ3) is 3.62. The average Bonchev–Trinajstić information content (AvgIpc) is 3.11. The van der Waals surface area contributed by atoms with Crippen LogP contribution in [0.15, 0.2) is 24.3 Å². The van der Waals surface area contributed by atoms with E-state index in [-0.39, 0.29) is 11.8 Å². The van der Waals surface area contributed by atoms with E-state index in [1.54, 1.807) is 0 Å². The maximum absolute atomic E-state index is 12.7. The fraction of sp³-hybridized carbons (Fsp3) is 0.600. The van der Waals surface area contributed by atoms with Crippen molar-refractivity contribution in [3.05, 3.63) is 29.8 Å². The van der Waals surface area contributed by atoms with Crippen molar-refractivity contribution in [3.63, 3.8) is 0 Å². The first-order valence-electron chi connectivity index (χ1n) is 9.57. The summed E-state index contributed by atoms with van der Waals surface area (Å²) in [5.41, 5.74) is 2.09. The number of likely N-dealkylation sites (N-methyl/N-ethyl adjacent to an activating group) is 1. The topological polar surface area (TPSA) is 55.9 Å². The lowest BCUT2D eigenvalue weighted by atomic mass is 10.1. The first-order valence-corrected chi connectivity index (χ1v) is 9.57. The van der Waals surface area contributed by atoms with Gasteiger partial charge >= 0.3 is 0 Å². The van der Waals surface area contributed by atoms with Crippen LogP contribution in [0.4, 0.5) is 5.69 Å². The summed E-state index contributed by atoms with van der Waals surface area (Å²) in [6.07, 6.45) is 0. The molecule has 1 aromatic rings. The third-order valence-corrected chi connectivity index (χ3v) is 6.05. The molecule has 2 heterocycles. The van der Waals surface area contributed by atoms with Crippen molar-refractivity contribution >= 4 is 17.5 Å². The SMILES string of the molecule is CC(=O)Nc1ccc(CN2C[C@@H]3C(C(=O)N4CCN(C)CC4)[C@@H]3C2)cc1. The van der Waals surface area contributed by atoms with E-state index < -0.39 is 0 Å². The van der Waals surface area contributed by atoms with Crippen molar-refractivity contribution in [2.45, 2.75) is 13.5 Å². The Morgan fingerprint density at radius 3 is 2.23 bits per heavy atom. The second-order valence-corrected chi connectivity index (χ2v) is 8.05. The molecule has 1 unspecified atom stereocenters. The van der Waals surface area contributed by atoms with Gasteiger partial charge in [0, 0.05) is 64.3 Å². The molecule has 2 aliphatic heterocycles. The smallest absolute Gasteiger partial charge is 0.226 e. The highest BCUT2D eigenvalue weighted by atomic mass is 16.2. The Morgan fingerprint density at radius 1 is 1.04 bits per heavy atom. The molecule has 1 N–H and O–H groups in total. The molecule has 0 bridgehead atoms. The molecule has 6 heteroatoms. The van der Waals surface area contributed by atoms with Gasteiger partial charge in [-0.15, -0.1) is 0 Å². The molecule has 3 atom stereocenters. The van der Waals surface area contributed by atoms with E-state index in [9.17, 15) is 9.59 Å². The number of likely N-dealkylation sites (tertiary alicyclic amines) is 1. The maximum Gasteiger partial charge on any atom is 0.226 e. The van der Waals surface area contributed by atoms with E-state index in [2.05, 4.69) is 39.2 Å². The Kier molecular flexibility index (Phi) is 4.71. The molecule has 26 heavy (non-hydrogen) atoms. The highest BCUT2D eigenvalue weighted by Crippen LogP contribution is 2.52. The van der Waals surface area contributed by atoms with Gasteiger partial charge in [0.2, 0.25) is 11.8 Å². The Bertz CT molecular complexity index is 670. The van der Waals surface area contributed by atoms with Crippen molar-refractivity contribution in [2.24, 2.45) is 17.8 Å². The number of carbonyl (C=O) groups excluding carboxylic acids is 2. The summed E-state index contributed by atoms with van der Waals surface area (Å²) in [6.45, 7) is 8.26. The minimum Gasteiger partial charge on any atom is -0.340 e. The largest absolute Gasteiger partial charge is 0.340 e. The number of piperazine rings is 1. The number of nitrogens with one attached hydrogen (secondary N) is 1. The number of fused-ring (bicyclic) bond motifs is 1. The van der Waals surface area contributed by atoms with E-state index >= 15 is 0 Å². The standard InChI is InChI=1S/C20H28N4O2/c1-14(25)21-16-5-3-15(4-6-16)11-23-12-17-18(13-23)19(17)20(26)24-9-7-22(2)8-10-24/h3-6,17-19H,7-13H2,1-2H3,(H,21,25)/t17-,18+,19?. The zero-order chi connectivity index (χ0) is 18.3. The lowest BCUT2D eigenvalue weighted by Gasteiger charge is -2.33. The van der Waals surface area contributed by atoms with Crippen molar-refractivity contribution in [2.75, 3.05) is 51.6 Å². The number of benzene rings is 1. The van der Waals surface area contributed by atoms with Crippen molar-refractivity contribution in [1.82, 2.24) is 14.7 Å². The molecule has 1 saturated carbocycles. The van der Waals surface area contributed by atoms with Crippen LogP contribution in [0.3, 0.4) is 0 Å². The molecule has 0 aromatic heterocycles. The van der Waals surface area contributed by atoms with Crippen LogP contribution >= 0.6 is 0 Å². The molecule has 3 aliphatic rings. The molecule has 4 rings (SSSR count). The molecule has 140 valence electrons. The molecule has 2 saturated heterocycles. The summed E-state index contributed by atoms with van der Waals surface area (Å²) < 4.78 is 0. The van der Waals surface area contributed by atoms with Gasteiger partial charge < -0.3 is 15.1 Å². The van der Waals surface area contributed by atoms with Crippen LogP contribution in [0.1, 0.15) is 12.5 Å². The van der Waals surface area contributed by atoms with Crippen molar-refractivity contribution < 1.29 is 9.59 Å². The first-order chi connectivity index (χ1) is 12.5. The van der Waals surface area contributed by atoms with Crippen LogP contribution in [0.25, 0.3) is 0 Å². The minimum absolute atomic E-state index is 0.0477. The molecule has 0 spiro atoms. The average molecular weight is 356 g/mol. The summed E-state index contributed by atoms with van der Waals surface area (Å²) in [5.74, 6) is 1.74. The number of hydrogen-bond donors (Lipinski definition) is 1. The second-order valence-electron chi connectivity index (χ2n) is 8.05. The van der Waals surface area contributed by atoms with E-state index in [0.29, 0.717) is 17.7 Å². The number of rotatable bonds is 4. The number of anilines is 1. The van der Waals surface area contributed by atoms with E-state index in [4.69, 9.17) is 0 Å². The minimum atomic E-state index is -0.0477. The van der Waals surface area contributed by atoms with E-state index in [1.165, 1.54) is 12.5 Å². The van der Waals surface area contributed by atoms with E-state index in [1.807, 2.05) is 12.1 Å². The van der Waals surface area contributed by atoms with Crippen molar-refractivity contribution in [3.8, 4) is 0 Å². The third-order valence-electron chi connectivity index (χ3n) is 6.05. The van der Waals surface area contributed by atoms with Crippen LogP contribution in [0.5, 0.6) is 0 Å². The molecular weight excluding hydrogens is 328 g/mol. The predicted octanol–water partition coefficient (Wildman–Crippen LogP) is 1.10. The van der Waals surface area contributed by atoms with Gasteiger partial charge in [0.1, 0.15) is 0 Å². The summed E-state index contributed by atoms with van der Waals surface area (Å²) >= 11 is 0. The van der Waals surface area contributed by atoms with Gasteiger partial charge in [-0.1, -0.05) is 12.1 Å². The quantitative estimate of drug-likeness (QED) is 0.878. The number of nitrogens with zero attached hydrogens (tertiary/aromatic N) is 3. The highest BCUT2D eigenvalue weighted by Gasteiger charge is 2.60. The normalized spacial score (nSPS) is 28.7. The Hall–Kier alpha value is -1.92. The van der Waals surface area contributed by atoms with E-state index in [0.717, 1.165) is 51.5 Å².